The molecule has 0 bridgehead atoms. The van der Waals surface area contributed by atoms with Crippen LogP contribution in [0.5, 0.6) is 0 Å². The van der Waals surface area contributed by atoms with Gasteiger partial charge in [-0.2, -0.15) is 13.2 Å². The maximum absolute atomic E-state index is 13.5. The van der Waals surface area contributed by atoms with E-state index >= 15 is 0 Å². The van der Waals surface area contributed by atoms with E-state index in [0.29, 0.717) is 11.3 Å². The predicted octanol–water partition coefficient (Wildman–Crippen LogP) is 4.47. The summed E-state index contributed by atoms with van der Waals surface area (Å²) >= 11 is 0. The van der Waals surface area contributed by atoms with Crippen LogP contribution < -0.4 is 5.56 Å². The SMILES string of the molecule is Cc1ccc(-c2c(C(F)(F)F)[nH]n(-c3ccccc3)c2=O)c(C)c1. The van der Waals surface area contributed by atoms with Crippen molar-refractivity contribution in [1.82, 2.24) is 9.78 Å². The van der Waals surface area contributed by atoms with Gasteiger partial charge in [-0.05, 0) is 37.1 Å². The summed E-state index contributed by atoms with van der Waals surface area (Å²) in [5.41, 5.74) is 0.0565. The molecule has 1 N–H and O–H groups in total. The van der Waals surface area contributed by atoms with Crippen molar-refractivity contribution in [1.29, 1.82) is 0 Å². The number of rotatable bonds is 2. The first-order chi connectivity index (χ1) is 11.3. The van der Waals surface area contributed by atoms with Crippen molar-refractivity contribution in [2.24, 2.45) is 0 Å². The Kier molecular flexibility index (Phi) is 3.83. The number of alkyl halides is 3. The lowest BCUT2D eigenvalue weighted by Crippen LogP contribution is -2.15. The van der Waals surface area contributed by atoms with Crippen LogP contribution in [0.25, 0.3) is 16.8 Å². The first kappa shape index (κ1) is 16.1. The largest absolute Gasteiger partial charge is 0.433 e. The molecule has 0 spiro atoms. The lowest BCUT2D eigenvalue weighted by molar-refractivity contribution is -0.140. The van der Waals surface area contributed by atoms with Gasteiger partial charge < -0.3 is 0 Å². The third-order valence-electron chi connectivity index (χ3n) is 3.84. The van der Waals surface area contributed by atoms with Crippen molar-refractivity contribution in [2.75, 3.05) is 0 Å². The maximum atomic E-state index is 13.5. The normalized spacial score (nSPS) is 11.7. The van der Waals surface area contributed by atoms with E-state index < -0.39 is 17.4 Å². The zero-order valence-electron chi connectivity index (χ0n) is 13.1. The summed E-state index contributed by atoms with van der Waals surface area (Å²) in [6.07, 6.45) is -4.66. The third-order valence-corrected chi connectivity index (χ3v) is 3.84. The third kappa shape index (κ3) is 2.75. The minimum absolute atomic E-state index is 0.281. The van der Waals surface area contributed by atoms with Crippen LogP contribution in [0, 0.1) is 13.8 Å². The van der Waals surface area contributed by atoms with Crippen molar-refractivity contribution < 1.29 is 13.2 Å². The Hall–Kier alpha value is -2.76. The van der Waals surface area contributed by atoms with Crippen molar-refractivity contribution in [3.05, 3.63) is 75.7 Å². The molecule has 0 radical (unpaired) electrons. The van der Waals surface area contributed by atoms with E-state index in [1.54, 1.807) is 55.5 Å². The second-order valence-corrected chi connectivity index (χ2v) is 5.65. The van der Waals surface area contributed by atoms with Crippen LogP contribution in [0.2, 0.25) is 0 Å². The monoisotopic (exact) mass is 332 g/mol. The molecular formula is C18H15F3N2O. The highest BCUT2D eigenvalue weighted by Crippen LogP contribution is 2.35. The number of hydrogen-bond acceptors (Lipinski definition) is 1. The van der Waals surface area contributed by atoms with Crippen LogP contribution in [-0.4, -0.2) is 9.78 Å². The van der Waals surface area contributed by atoms with E-state index in [0.717, 1.165) is 10.2 Å². The fourth-order valence-electron chi connectivity index (χ4n) is 2.75. The molecule has 3 rings (SSSR count). The summed E-state index contributed by atoms with van der Waals surface area (Å²) in [4.78, 5) is 12.7. The number of para-hydroxylation sites is 1. The lowest BCUT2D eigenvalue weighted by Gasteiger charge is -2.09. The molecule has 2 aromatic carbocycles. The molecule has 0 amide bonds. The first-order valence-corrected chi connectivity index (χ1v) is 7.34. The van der Waals surface area contributed by atoms with E-state index in [2.05, 4.69) is 5.10 Å². The van der Waals surface area contributed by atoms with Crippen molar-refractivity contribution in [2.45, 2.75) is 20.0 Å². The number of aryl methyl sites for hydroxylation is 2. The van der Waals surface area contributed by atoms with Crippen molar-refractivity contribution >= 4 is 0 Å². The molecule has 6 heteroatoms. The molecule has 0 aliphatic carbocycles. The van der Waals surface area contributed by atoms with Gasteiger partial charge in [0.2, 0.25) is 0 Å². The number of nitrogens with one attached hydrogen (secondary N) is 1. The summed E-state index contributed by atoms with van der Waals surface area (Å²) < 4.78 is 41.3. The number of aromatic nitrogens is 2. The second kappa shape index (κ2) is 5.70. The van der Waals surface area contributed by atoms with E-state index in [1.165, 1.54) is 0 Å². The van der Waals surface area contributed by atoms with Crippen molar-refractivity contribution in [3.63, 3.8) is 0 Å². The lowest BCUT2D eigenvalue weighted by atomic mass is 9.99. The smallest absolute Gasteiger partial charge is 0.286 e. The molecule has 0 saturated carbocycles. The fraction of sp³-hybridized carbons (Fsp3) is 0.167. The molecular weight excluding hydrogens is 317 g/mol. The quantitative estimate of drug-likeness (QED) is 0.739. The highest BCUT2D eigenvalue weighted by molar-refractivity contribution is 5.70. The predicted molar refractivity (Wildman–Crippen MR) is 86.3 cm³/mol. The number of halogens is 3. The van der Waals surface area contributed by atoms with Crippen LogP contribution >= 0.6 is 0 Å². The number of H-pyrrole nitrogens is 1. The van der Waals surface area contributed by atoms with Crippen LogP contribution in [0.15, 0.2) is 53.3 Å². The van der Waals surface area contributed by atoms with Crippen LogP contribution in [0.4, 0.5) is 13.2 Å². The Morgan fingerprint density at radius 2 is 1.67 bits per heavy atom. The molecule has 3 aromatic rings. The van der Waals surface area contributed by atoms with Gasteiger partial charge in [-0.3, -0.25) is 9.89 Å². The summed E-state index contributed by atoms with van der Waals surface area (Å²) in [6.45, 7) is 3.54. The topological polar surface area (TPSA) is 37.8 Å². The van der Waals surface area contributed by atoms with Gasteiger partial charge in [-0.15, -0.1) is 0 Å². The summed E-state index contributed by atoms with van der Waals surface area (Å²) in [6, 6.07) is 13.2. The molecule has 0 atom stereocenters. The highest BCUT2D eigenvalue weighted by Gasteiger charge is 2.38. The van der Waals surface area contributed by atoms with E-state index in [4.69, 9.17) is 0 Å². The van der Waals surface area contributed by atoms with Gasteiger partial charge in [-0.1, -0.05) is 42.0 Å². The number of aromatic amines is 1. The van der Waals surface area contributed by atoms with Crippen molar-refractivity contribution in [3.8, 4) is 16.8 Å². The standard InChI is InChI=1S/C18H15F3N2O/c1-11-8-9-14(12(2)10-11)15-16(18(19,20)21)22-23(17(15)24)13-6-4-3-5-7-13/h3-10,22H,1-2H3. The first-order valence-electron chi connectivity index (χ1n) is 7.34. The van der Waals surface area contributed by atoms with Gasteiger partial charge >= 0.3 is 6.18 Å². The van der Waals surface area contributed by atoms with E-state index in [1.807, 2.05) is 6.92 Å². The Morgan fingerprint density at radius 3 is 2.25 bits per heavy atom. The molecule has 0 aliphatic rings. The molecule has 1 aromatic heterocycles. The minimum Gasteiger partial charge on any atom is -0.286 e. The average molecular weight is 332 g/mol. The maximum Gasteiger partial charge on any atom is 0.433 e. The Labute approximate surface area is 136 Å². The summed E-state index contributed by atoms with van der Waals surface area (Å²) in [5.74, 6) is 0. The Morgan fingerprint density at radius 1 is 1.00 bits per heavy atom. The summed E-state index contributed by atoms with van der Waals surface area (Å²) in [5, 5.41) is 2.23. The summed E-state index contributed by atoms with van der Waals surface area (Å²) in [7, 11) is 0. The average Bonchev–Trinajstić information content (AvgIpc) is 2.86. The molecule has 124 valence electrons. The van der Waals surface area contributed by atoms with Crippen LogP contribution in [0.1, 0.15) is 16.8 Å². The molecule has 24 heavy (non-hydrogen) atoms. The number of benzene rings is 2. The van der Waals surface area contributed by atoms with Crippen LogP contribution in [0.3, 0.4) is 0 Å². The fourth-order valence-corrected chi connectivity index (χ4v) is 2.75. The van der Waals surface area contributed by atoms with E-state index in [-0.39, 0.29) is 11.1 Å². The highest BCUT2D eigenvalue weighted by atomic mass is 19.4. The molecule has 0 fully saturated rings. The Balaban J connectivity index is 2.33. The van der Waals surface area contributed by atoms with Crippen LogP contribution in [-0.2, 0) is 6.18 Å². The van der Waals surface area contributed by atoms with Gasteiger partial charge in [-0.25, -0.2) is 4.68 Å². The molecule has 0 unspecified atom stereocenters. The van der Waals surface area contributed by atoms with Gasteiger partial charge in [0.15, 0.2) is 0 Å². The number of nitrogens with zero attached hydrogens (tertiary/aromatic N) is 1. The minimum atomic E-state index is -4.66. The zero-order valence-corrected chi connectivity index (χ0v) is 13.1. The van der Waals surface area contributed by atoms with Gasteiger partial charge in [0.05, 0.1) is 11.3 Å². The molecule has 1 heterocycles. The van der Waals surface area contributed by atoms with E-state index in [9.17, 15) is 18.0 Å². The van der Waals surface area contributed by atoms with Gasteiger partial charge in [0.25, 0.3) is 5.56 Å². The molecule has 0 saturated heterocycles. The molecule has 0 aliphatic heterocycles. The Bertz CT molecular complexity index is 937. The zero-order chi connectivity index (χ0) is 17.5. The number of hydrogen-bond donors (Lipinski definition) is 1. The van der Waals surface area contributed by atoms with Gasteiger partial charge in [0.1, 0.15) is 5.69 Å². The van der Waals surface area contributed by atoms with Gasteiger partial charge in [0, 0.05) is 0 Å². The second-order valence-electron chi connectivity index (χ2n) is 5.65. The molecule has 3 nitrogen and oxygen atoms in total.